The lowest BCUT2D eigenvalue weighted by atomic mass is 10.2. The predicted octanol–water partition coefficient (Wildman–Crippen LogP) is 2.34. The predicted molar refractivity (Wildman–Crippen MR) is 78.7 cm³/mol. The number of ether oxygens (including phenoxy) is 2. The van der Waals surface area contributed by atoms with E-state index in [1.54, 1.807) is 6.21 Å². The number of benzene rings is 2. The Morgan fingerprint density at radius 3 is 2.81 bits per heavy atom. The van der Waals surface area contributed by atoms with Crippen LogP contribution in [0.3, 0.4) is 0 Å². The van der Waals surface area contributed by atoms with Crippen LogP contribution in [-0.4, -0.2) is 23.0 Å². The Kier molecular flexibility index (Phi) is 2.53. The van der Waals surface area contributed by atoms with Gasteiger partial charge in [-0.05, 0) is 42.0 Å². The van der Waals surface area contributed by atoms with Gasteiger partial charge in [-0.15, -0.1) is 0 Å². The van der Waals surface area contributed by atoms with Gasteiger partial charge in [-0.2, -0.15) is 0 Å². The fourth-order valence-corrected chi connectivity index (χ4v) is 2.24. The zero-order valence-electron chi connectivity index (χ0n) is 10.9. The van der Waals surface area contributed by atoms with E-state index in [-0.39, 0.29) is 12.5 Å². The first-order chi connectivity index (χ1) is 10.3. The lowest BCUT2D eigenvalue weighted by molar-refractivity contribution is 0.174. The van der Waals surface area contributed by atoms with Crippen molar-refractivity contribution in [1.29, 1.82) is 0 Å². The molecule has 0 aliphatic carbocycles. The lowest BCUT2D eigenvalue weighted by Gasteiger charge is -1.98. The second-order valence-electron chi connectivity index (χ2n) is 4.68. The maximum Gasteiger partial charge on any atom is 0.323 e. The molecule has 6 nitrogen and oxygen atoms in total. The maximum atomic E-state index is 11.2. The SMILES string of the molecule is O=c1[nH]c2ccc(N=Cc3ccc4c(c3)OCO4)cc2[nH]1. The van der Waals surface area contributed by atoms with Crippen molar-refractivity contribution in [2.75, 3.05) is 6.79 Å². The Hall–Kier alpha value is -3.02. The quantitative estimate of drug-likeness (QED) is 0.707. The lowest BCUT2D eigenvalue weighted by Crippen LogP contribution is -1.99. The van der Waals surface area contributed by atoms with E-state index >= 15 is 0 Å². The first kappa shape index (κ1) is 11.8. The molecule has 0 radical (unpaired) electrons. The molecule has 0 saturated heterocycles. The van der Waals surface area contributed by atoms with Crippen molar-refractivity contribution in [3.8, 4) is 11.5 Å². The Morgan fingerprint density at radius 1 is 1.00 bits per heavy atom. The average Bonchev–Trinajstić information content (AvgIpc) is 3.08. The third kappa shape index (κ3) is 2.16. The topological polar surface area (TPSA) is 79.5 Å². The monoisotopic (exact) mass is 281 g/mol. The van der Waals surface area contributed by atoms with Crippen molar-refractivity contribution in [2.24, 2.45) is 4.99 Å². The number of aromatic amines is 2. The minimum atomic E-state index is -0.220. The molecule has 104 valence electrons. The van der Waals surface area contributed by atoms with Crippen molar-refractivity contribution in [1.82, 2.24) is 9.97 Å². The Morgan fingerprint density at radius 2 is 1.86 bits per heavy atom. The molecule has 21 heavy (non-hydrogen) atoms. The third-order valence-corrected chi connectivity index (χ3v) is 3.26. The number of fused-ring (bicyclic) bond motifs is 2. The molecule has 1 aliphatic heterocycles. The molecule has 0 saturated carbocycles. The van der Waals surface area contributed by atoms with E-state index in [0.717, 1.165) is 33.8 Å². The molecule has 0 spiro atoms. The molecular weight excluding hydrogens is 270 g/mol. The molecule has 1 aliphatic rings. The molecule has 0 amide bonds. The maximum absolute atomic E-state index is 11.2. The van der Waals surface area contributed by atoms with Gasteiger partial charge in [0.2, 0.25) is 6.79 Å². The smallest absolute Gasteiger partial charge is 0.323 e. The van der Waals surface area contributed by atoms with Crippen molar-refractivity contribution in [2.45, 2.75) is 0 Å². The van der Waals surface area contributed by atoms with E-state index in [4.69, 9.17) is 9.47 Å². The highest BCUT2D eigenvalue weighted by molar-refractivity contribution is 5.85. The van der Waals surface area contributed by atoms with E-state index < -0.39 is 0 Å². The van der Waals surface area contributed by atoms with Crippen LogP contribution in [0.1, 0.15) is 5.56 Å². The summed E-state index contributed by atoms with van der Waals surface area (Å²) in [6, 6.07) is 11.1. The van der Waals surface area contributed by atoms with Crippen molar-refractivity contribution in [3.63, 3.8) is 0 Å². The fourth-order valence-electron chi connectivity index (χ4n) is 2.24. The van der Waals surface area contributed by atoms with Gasteiger partial charge in [0.15, 0.2) is 11.5 Å². The van der Waals surface area contributed by atoms with Gasteiger partial charge in [0.25, 0.3) is 0 Å². The molecule has 3 aromatic rings. The molecule has 0 bridgehead atoms. The molecular formula is C15H11N3O3. The second kappa shape index (κ2) is 4.52. The molecule has 4 rings (SSSR count). The number of imidazole rings is 1. The summed E-state index contributed by atoms with van der Waals surface area (Å²) in [7, 11) is 0. The summed E-state index contributed by atoms with van der Waals surface area (Å²) < 4.78 is 10.6. The third-order valence-electron chi connectivity index (χ3n) is 3.26. The van der Waals surface area contributed by atoms with E-state index in [1.165, 1.54) is 0 Å². The van der Waals surface area contributed by atoms with Gasteiger partial charge in [-0.25, -0.2) is 4.79 Å². The minimum absolute atomic E-state index is 0.220. The number of rotatable bonds is 2. The highest BCUT2D eigenvalue weighted by Gasteiger charge is 2.12. The number of hydrogen-bond donors (Lipinski definition) is 2. The first-order valence-corrected chi connectivity index (χ1v) is 6.44. The van der Waals surface area contributed by atoms with Gasteiger partial charge in [-0.3, -0.25) is 4.99 Å². The van der Waals surface area contributed by atoms with Gasteiger partial charge in [0.05, 0.1) is 16.7 Å². The minimum Gasteiger partial charge on any atom is -0.454 e. The molecule has 2 N–H and O–H groups in total. The van der Waals surface area contributed by atoms with Crippen LogP contribution in [0.5, 0.6) is 11.5 Å². The van der Waals surface area contributed by atoms with Gasteiger partial charge in [0, 0.05) is 6.21 Å². The zero-order chi connectivity index (χ0) is 14.2. The molecule has 0 fully saturated rings. The van der Waals surface area contributed by atoms with Gasteiger partial charge in [-0.1, -0.05) is 0 Å². The molecule has 0 unspecified atom stereocenters. The zero-order valence-corrected chi connectivity index (χ0v) is 10.9. The molecule has 1 aromatic heterocycles. The summed E-state index contributed by atoms with van der Waals surface area (Å²) >= 11 is 0. The summed E-state index contributed by atoms with van der Waals surface area (Å²) in [5.74, 6) is 1.47. The largest absolute Gasteiger partial charge is 0.454 e. The van der Waals surface area contributed by atoms with Crippen molar-refractivity contribution < 1.29 is 9.47 Å². The second-order valence-corrected chi connectivity index (χ2v) is 4.68. The number of hydrogen-bond acceptors (Lipinski definition) is 4. The van der Waals surface area contributed by atoms with Gasteiger partial charge < -0.3 is 19.4 Å². The van der Waals surface area contributed by atoms with Crippen molar-refractivity contribution >= 4 is 22.9 Å². The Labute approximate surface area is 119 Å². The fraction of sp³-hybridized carbons (Fsp3) is 0.0667. The van der Waals surface area contributed by atoms with Crippen LogP contribution in [-0.2, 0) is 0 Å². The molecule has 2 heterocycles. The number of nitrogens with zero attached hydrogens (tertiary/aromatic N) is 1. The van der Waals surface area contributed by atoms with Crippen LogP contribution >= 0.6 is 0 Å². The van der Waals surface area contributed by atoms with Crippen LogP contribution in [0.4, 0.5) is 5.69 Å². The summed E-state index contributed by atoms with van der Waals surface area (Å²) in [6.45, 7) is 0.257. The Bertz CT molecular complexity index is 908. The van der Waals surface area contributed by atoms with Gasteiger partial charge >= 0.3 is 5.69 Å². The van der Waals surface area contributed by atoms with E-state index in [0.29, 0.717) is 0 Å². The summed E-state index contributed by atoms with van der Waals surface area (Å²) in [6.07, 6.45) is 1.74. The first-order valence-electron chi connectivity index (χ1n) is 6.44. The normalized spacial score (nSPS) is 13.3. The standard InChI is InChI=1S/C15H11N3O3/c19-15-17-11-3-2-10(6-12(11)18-15)16-7-9-1-4-13-14(5-9)21-8-20-13/h1-7H,8H2,(H2,17,18,19). The van der Waals surface area contributed by atoms with Crippen molar-refractivity contribution in [3.05, 3.63) is 52.4 Å². The molecule has 0 atom stereocenters. The number of nitrogens with one attached hydrogen (secondary N) is 2. The number of aliphatic imine (C=N–C) groups is 1. The van der Waals surface area contributed by atoms with Crippen LogP contribution in [0.2, 0.25) is 0 Å². The van der Waals surface area contributed by atoms with E-state index in [1.807, 2.05) is 36.4 Å². The Balaban J connectivity index is 1.65. The van der Waals surface area contributed by atoms with Crippen LogP contribution in [0.15, 0.2) is 46.2 Å². The summed E-state index contributed by atoms with van der Waals surface area (Å²) in [5, 5.41) is 0. The van der Waals surface area contributed by atoms with E-state index in [2.05, 4.69) is 15.0 Å². The van der Waals surface area contributed by atoms with Crippen LogP contribution < -0.4 is 15.2 Å². The van der Waals surface area contributed by atoms with Crippen LogP contribution in [0.25, 0.3) is 11.0 Å². The number of H-pyrrole nitrogens is 2. The van der Waals surface area contributed by atoms with Gasteiger partial charge in [0.1, 0.15) is 0 Å². The highest BCUT2D eigenvalue weighted by Crippen LogP contribution is 2.32. The number of aromatic nitrogens is 2. The molecule has 2 aromatic carbocycles. The van der Waals surface area contributed by atoms with Crippen LogP contribution in [0, 0.1) is 0 Å². The molecule has 6 heteroatoms. The average molecular weight is 281 g/mol. The highest BCUT2D eigenvalue weighted by atomic mass is 16.7. The summed E-state index contributed by atoms with van der Waals surface area (Å²) in [4.78, 5) is 21.0. The summed E-state index contributed by atoms with van der Waals surface area (Å²) in [5.41, 5.74) is 2.96. The van der Waals surface area contributed by atoms with E-state index in [9.17, 15) is 4.79 Å².